The summed E-state index contributed by atoms with van der Waals surface area (Å²) in [7, 11) is 1.76. The third-order valence-corrected chi connectivity index (χ3v) is 4.99. The number of halogens is 1. The summed E-state index contributed by atoms with van der Waals surface area (Å²) < 4.78 is 8.11. The van der Waals surface area contributed by atoms with E-state index in [2.05, 4.69) is 62.4 Å². The van der Waals surface area contributed by atoms with E-state index in [4.69, 9.17) is 4.42 Å². The van der Waals surface area contributed by atoms with Gasteiger partial charge >= 0.3 is 0 Å². The first-order valence-corrected chi connectivity index (χ1v) is 9.70. The first-order chi connectivity index (χ1) is 14.2. The molecule has 0 atom stereocenters. The van der Waals surface area contributed by atoms with E-state index in [0.29, 0.717) is 19.0 Å². The maximum atomic E-state index is 5.97. The fraction of sp³-hybridized carbons (Fsp3) is 0.217. The van der Waals surface area contributed by atoms with Gasteiger partial charge in [0.25, 0.3) is 0 Å². The molecule has 2 aromatic heterocycles. The lowest BCUT2D eigenvalue weighted by Gasteiger charge is -2.13. The van der Waals surface area contributed by atoms with Gasteiger partial charge in [0.2, 0.25) is 0 Å². The second-order valence-corrected chi connectivity index (χ2v) is 6.88. The topological polar surface area (TPSA) is 67.4 Å². The van der Waals surface area contributed by atoms with Gasteiger partial charge in [-0.1, -0.05) is 48.5 Å². The highest BCUT2D eigenvalue weighted by Crippen LogP contribution is 2.24. The molecule has 0 amide bonds. The van der Waals surface area contributed by atoms with Gasteiger partial charge in [0.1, 0.15) is 17.2 Å². The molecule has 4 aromatic rings. The Balaban J connectivity index is 0.00000256. The number of aryl methyl sites for hydroxylation is 1. The summed E-state index contributed by atoms with van der Waals surface area (Å²) >= 11 is 0. The second kappa shape index (κ2) is 10.3. The quantitative estimate of drug-likeness (QED) is 0.226. The van der Waals surface area contributed by atoms with Crippen molar-refractivity contribution < 1.29 is 4.42 Å². The largest absolute Gasteiger partial charge is 0.459 e. The molecule has 2 aromatic carbocycles. The van der Waals surface area contributed by atoms with E-state index in [1.165, 1.54) is 5.56 Å². The number of fused-ring (bicyclic) bond motifs is 1. The van der Waals surface area contributed by atoms with E-state index in [-0.39, 0.29) is 24.0 Å². The number of nitrogens with zero attached hydrogens (tertiary/aromatic N) is 3. The number of aromatic nitrogens is 2. The van der Waals surface area contributed by atoms with Gasteiger partial charge in [-0.2, -0.15) is 0 Å². The highest BCUT2D eigenvalue weighted by molar-refractivity contribution is 14.0. The number of furan rings is 1. The van der Waals surface area contributed by atoms with E-state index in [1.54, 1.807) is 7.05 Å². The minimum atomic E-state index is 0. The van der Waals surface area contributed by atoms with Gasteiger partial charge in [-0.15, -0.1) is 24.0 Å². The molecule has 0 saturated heterocycles. The number of benzene rings is 2. The molecule has 0 unspecified atom stereocenters. The number of hydrogen-bond donors (Lipinski definition) is 2. The highest BCUT2D eigenvalue weighted by Gasteiger charge is 2.11. The minimum absolute atomic E-state index is 0. The highest BCUT2D eigenvalue weighted by atomic mass is 127. The van der Waals surface area contributed by atoms with Crippen molar-refractivity contribution in [2.45, 2.75) is 26.6 Å². The summed E-state index contributed by atoms with van der Waals surface area (Å²) in [5, 5.41) is 7.81. The molecular formula is C23H26IN5O. The molecule has 0 fully saturated rings. The van der Waals surface area contributed by atoms with Crippen LogP contribution in [0, 0.1) is 6.92 Å². The average Bonchev–Trinajstić information content (AvgIpc) is 3.33. The summed E-state index contributed by atoms with van der Waals surface area (Å²) in [6.45, 7) is 4.03. The Morgan fingerprint density at radius 3 is 2.53 bits per heavy atom. The molecule has 2 N–H and O–H groups in total. The molecule has 0 aliphatic heterocycles. The Morgan fingerprint density at radius 1 is 1.03 bits per heavy atom. The molecule has 0 saturated carbocycles. The number of hydrogen-bond acceptors (Lipinski definition) is 3. The molecule has 0 radical (unpaired) electrons. The number of imidazole rings is 1. The third-order valence-electron chi connectivity index (χ3n) is 4.99. The second-order valence-electron chi connectivity index (χ2n) is 6.88. The zero-order valence-corrected chi connectivity index (χ0v) is 19.5. The third kappa shape index (κ3) is 5.02. The van der Waals surface area contributed by atoms with Gasteiger partial charge in [-0.25, -0.2) is 4.98 Å². The zero-order valence-electron chi connectivity index (χ0n) is 17.1. The van der Waals surface area contributed by atoms with Gasteiger partial charge in [-0.05, 0) is 18.6 Å². The molecule has 7 heteroatoms. The monoisotopic (exact) mass is 515 g/mol. The average molecular weight is 515 g/mol. The smallest absolute Gasteiger partial charge is 0.191 e. The molecule has 0 aliphatic carbocycles. The zero-order chi connectivity index (χ0) is 20.1. The summed E-state index contributed by atoms with van der Waals surface area (Å²) in [4.78, 5) is 8.79. The number of nitrogens with one attached hydrogen (secondary N) is 2. The molecule has 4 rings (SSSR count). The molecule has 156 valence electrons. The number of aliphatic imine (C=N–C) groups is 1. The van der Waals surface area contributed by atoms with Crippen molar-refractivity contribution in [3.63, 3.8) is 0 Å². The SMILES string of the molecule is CN=C(NCc1oc2ccccc2c1C)NCc1nccn1Cc1ccccc1.I. The summed E-state index contributed by atoms with van der Waals surface area (Å²) in [5.74, 6) is 2.58. The van der Waals surface area contributed by atoms with Gasteiger partial charge in [0.05, 0.1) is 13.1 Å². The van der Waals surface area contributed by atoms with Crippen molar-refractivity contribution in [3.8, 4) is 0 Å². The number of rotatable bonds is 6. The van der Waals surface area contributed by atoms with Crippen LogP contribution in [0.2, 0.25) is 0 Å². The van der Waals surface area contributed by atoms with Crippen molar-refractivity contribution in [3.05, 3.63) is 89.7 Å². The van der Waals surface area contributed by atoms with Crippen LogP contribution in [0.15, 0.2) is 76.4 Å². The van der Waals surface area contributed by atoms with Crippen molar-refractivity contribution in [2.24, 2.45) is 4.99 Å². The van der Waals surface area contributed by atoms with E-state index < -0.39 is 0 Å². The Kier molecular flexibility index (Phi) is 7.51. The maximum absolute atomic E-state index is 5.97. The first kappa shape index (κ1) is 21.9. The Morgan fingerprint density at radius 2 is 1.77 bits per heavy atom. The Labute approximate surface area is 193 Å². The number of guanidine groups is 1. The standard InChI is InChI=1S/C23H25N5O.HI/c1-17-19-10-6-7-11-20(19)29-21(17)14-26-23(24-2)27-15-22-25-12-13-28(22)16-18-8-4-3-5-9-18;/h3-13H,14-16H2,1-2H3,(H2,24,26,27);1H. The van der Waals surface area contributed by atoms with Gasteiger partial charge < -0.3 is 19.6 Å². The van der Waals surface area contributed by atoms with E-state index in [0.717, 1.165) is 34.7 Å². The van der Waals surface area contributed by atoms with Crippen LogP contribution in [-0.2, 0) is 19.6 Å². The predicted octanol–water partition coefficient (Wildman–Crippen LogP) is 4.47. The van der Waals surface area contributed by atoms with Gasteiger partial charge in [-0.3, -0.25) is 4.99 Å². The summed E-state index contributed by atoms with van der Waals surface area (Å²) in [5.41, 5.74) is 3.31. The molecule has 0 bridgehead atoms. The van der Waals surface area contributed by atoms with Crippen LogP contribution in [0.3, 0.4) is 0 Å². The molecular weight excluding hydrogens is 489 g/mol. The lowest BCUT2D eigenvalue weighted by molar-refractivity contribution is 0.534. The minimum Gasteiger partial charge on any atom is -0.459 e. The summed E-state index contributed by atoms with van der Waals surface area (Å²) in [6.07, 6.45) is 3.83. The van der Waals surface area contributed by atoms with Crippen molar-refractivity contribution >= 4 is 40.9 Å². The normalized spacial score (nSPS) is 11.3. The van der Waals surface area contributed by atoms with Gasteiger partial charge in [0, 0.05) is 36.9 Å². The van der Waals surface area contributed by atoms with Crippen molar-refractivity contribution in [1.82, 2.24) is 20.2 Å². The Hall–Kier alpha value is -2.81. The Bertz CT molecular complexity index is 1120. The van der Waals surface area contributed by atoms with Crippen molar-refractivity contribution in [1.29, 1.82) is 0 Å². The van der Waals surface area contributed by atoms with Crippen LogP contribution in [-0.4, -0.2) is 22.6 Å². The number of para-hydroxylation sites is 1. The van der Waals surface area contributed by atoms with Crippen LogP contribution in [0.1, 0.15) is 22.7 Å². The molecule has 0 aliphatic rings. The lowest BCUT2D eigenvalue weighted by Crippen LogP contribution is -2.37. The van der Waals surface area contributed by atoms with Gasteiger partial charge in [0.15, 0.2) is 5.96 Å². The maximum Gasteiger partial charge on any atom is 0.191 e. The van der Waals surface area contributed by atoms with Crippen LogP contribution in [0.4, 0.5) is 0 Å². The fourth-order valence-corrected chi connectivity index (χ4v) is 3.37. The van der Waals surface area contributed by atoms with E-state index in [1.807, 2.05) is 36.7 Å². The van der Waals surface area contributed by atoms with Crippen LogP contribution < -0.4 is 10.6 Å². The van der Waals surface area contributed by atoms with Crippen LogP contribution in [0.25, 0.3) is 11.0 Å². The van der Waals surface area contributed by atoms with E-state index >= 15 is 0 Å². The van der Waals surface area contributed by atoms with Crippen molar-refractivity contribution in [2.75, 3.05) is 7.05 Å². The van der Waals surface area contributed by atoms with E-state index in [9.17, 15) is 0 Å². The lowest BCUT2D eigenvalue weighted by atomic mass is 10.1. The predicted molar refractivity (Wildman–Crippen MR) is 131 cm³/mol. The molecule has 0 spiro atoms. The van der Waals surface area contributed by atoms with Crippen LogP contribution in [0.5, 0.6) is 0 Å². The van der Waals surface area contributed by atoms with Crippen LogP contribution >= 0.6 is 24.0 Å². The molecule has 6 nitrogen and oxygen atoms in total. The molecule has 2 heterocycles. The fourth-order valence-electron chi connectivity index (χ4n) is 3.37. The summed E-state index contributed by atoms with van der Waals surface area (Å²) in [6, 6.07) is 18.5. The first-order valence-electron chi connectivity index (χ1n) is 9.70. The molecule has 30 heavy (non-hydrogen) atoms.